The van der Waals surface area contributed by atoms with Gasteiger partial charge in [-0.1, -0.05) is 13.0 Å². The number of sulfonamides is 1. The second-order valence-electron chi connectivity index (χ2n) is 8.95. The summed E-state index contributed by atoms with van der Waals surface area (Å²) in [6, 6.07) is 5.39. The molecular formula is C22H30N4O5S2. The summed E-state index contributed by atoms with van der Waals surface area (Å²) in [5.74, 6) is 0.254. The van der Waals surface area contributed by atoms with Gasteiger partial charge in [0.2, 0.25) is 10.0 Å². The lowest BCUT2D eigenvalue weighted by Gasteiger charge is -2.39. The Morgan fingerprint density at radius 3 is 2.61 bits per heavy atom. The SMILES string of the molecule is CCNS(=O)(=O)c1cc(NC2(C)COC2)ccc1-c1cnc(C2CCC(NC(=O)O)CC2)s1. The van der Waals surface area contributed by atoms with Gasteiger partial charge in [-0.05, 0) is 44.7 Å². The van der Waals surface area contributed by atoms with E-state index in [0.717, 1.165) is 41.3 Å². The van der Waals surface area contributed by atoms with E-state index in [1.165, 1.54) is 11.3 Å². The molecule has 2 fully saturated rings. The van der Waals surface area contributed by atoms with Crippen LogP contribution >= 0.6 is 11.3 Å². The first-order chi connectivity index (χ1) is 15.7. The van der Waals surface area contributed by atoms with Gasteiger partial charge in [0.1, 0.15) is 0 Å². The van der Waals surface area contributed by atoms with Crippen molar-refractivity contribution in [1.82, 2.24) is 15.0 Å². The molecule has 1 aromatic heterocycles. The minimum absolute atomic E-state index is 0.0157. The van der Waals surface area contributed by atoms with E-state index in [4.69, 9.17) is 9.84 Å². The second kappa shape index (κ2) is 9.57. The average Bonchev–Trinajstić information content (AvgIpc) is 3.23. The summed E-state index contributed by atoms with van der Waals surface area (Å²) in [6.45, 7) is 5.25. The van der Waals surface area contributed by atoms with Crippen molar-refractivity contribution in [2.24, 2.45) is 0 Å². The fourth-order valence-corrected chi connectivity index (χ4v) is 6.86. The molecule has 0 spiro atoms. The van der Waals surface area contributed by atoms with Crippen molar-refractivity contribution in [1.29, 1.82) is 0 Å². The van der Waals surface area contributed by atoms with Crippen molar-refractivity contribution in [3.05, 3.63) is 29.4 Å². The van der Waals surface area contributed by atoms with Crippen LogP contribution in [0.4, 0.5) is 10.5 Å². The van der Waals surface area contributed by atoms with E-state index in [0.29, 0.717) is 25.3 Å². The highest BCUT2D eigenvalue weighted by Crippen LogP contribution is 2.40. The number of carboxylic acid groups (broad SMARTS) is 1. The van der Waals surface area contributed by atoms with Crippen LogP contribution < -0.4 is 15.4 Å². The Morgan fingerprint density at radius 2 is 2.00 bits per heavy atom. The smallest absolute Gasteiger partial charge is 0.404 e. The predicted molar refractivity (Wildman–Crippen MR) is 127 cm³/mol. The number of amides is 1. The third kappa shape index (κ3) is 5.48. The highest BCUT2D eigenvalue weighted by molar-refractivity contribution is 7.89. The van der Waals surface area contributed by atoms with E-state index in [1.807, 2.05) is 19.1 Å². The number of nitrogens with one attached hydrogen (secondary N) is 3. The highest BCUT2D eigenvalue weighted by atomic mass is 32.2. The molecule has 2 heterocycles. The van der Waals surface area contributed by atoms with E-state index in [2.05, 4.69) is 20.3 Å². The summed E-state index contributed by atoms with van der Waals surface area (Å²) in [6.07, 6.45) is 4.01. The van der Waals surface area contributed by atoms with Gasteiger partial charge in [0, 0.05) is 36.0 Å². The summed E-state index contributed by atoms with van der Waals surface area (Å²) >= 11 is 1.51. The van der Waals surface area contributed by atoms with Gasteiger partial charge in [0.05, 0.1) is 33.5 Å². The number of hydrogen-bond donors (Lipinski definition) is 4. The molecular weight excluding hydrogens is 464 g/mol. The fraction of sp³-hybridized carbons (Fsp3) is 0.545. The molecule has 0 bridgehead atoms. The summed E-state index contributed by atoms with van der Waals surface area (Å²) in [7, 11) is -3.70. The Hall–Kier alpha value is -2.21. The lowest BCUT2D eigenvalue weighted by atomic mass is 9.86. The zero-order valence-corrected chi connectivity index (χ0v) is 20.4. The van der Waals surface area contributed by atoms with Crippen LogP contribution in [-0.4, -0.2) is 55.9 Å². The van der Waals surface area contributed by atoms with E-state index in [9.17, 15) is 13.2 Å². The zero-order chi connectivity index (χ0) is 23.6. The van der Waals surface area contributed by atoms with Crippen molar-refractivity contribution in [2.75, 3.05) is 25.1 Å². The largest absolute Gasteiger partial charge is 0.465 e. The minimum Gasteiger partial charge on any atom is -0.465 e. The molecule has 0 radical (unpaired) electrons. The van der Waals surface area contributed by atoms with E-state index >= 15 is 0 Å². The number of hydrogen-bond acceptors (Lipinski definition) is 7. The number of ether oxygens (including phenoxy) is 1. The topological polar surface area (TPSA) is 130 Å². The van der Waals surface area contributed by atoms with Gasteiger partial charge in [0.25, 0.3) is 0 Å². The first-order valence-electron chi connectivity index (χ1n) is 11.1. The molecule has 0 unspecified atom stereocenters. The van der Waals surface area contributed by atoms with E-state index in [1.54, 1.807) is 19.2 Å². The fourth-order valence-electron chi connectivity index (χ4n) is 4.38. The number of rotatable bonds is 8. The Bertz CT molecular complexity index is 1110. The van der Waals surface area contributed by atoms with Gasteiger partial charge in [-0.15, -0.1) is 11.3 Å². The van der Waals surface area contributed by atoms with Gasteiger partial charge in [-0.25, -0.2) is 22.9 Å². The van der Waals surface area contributed by atoms with Gasteiger partial charge in [0.15, 0.2) is 0 Å². The molecule has 180 valence electrons. The Kier molecular flexibility index (Phi) is 6.94. The van der Waals surface area contributed by atoms with Crippen LogP contribution in [0.2, 0.25) is 0 Å². The van der Waals surface area contributed by atoms with Gasteiger partial charge in [-0.2, -0.15) is 0 Å². The number of anilines is 1. The lowest BCUT2D eigenvalue weighted by Crippen LogP contribution is -2.53. The van der Waals surface area contributed by atoms with Crippen molar-refractivity contribution < 1.29 is 23.1 Å². The van der Waals surface area contributed by atoms with Crippen molar-refractivity contribution in [2.45, 2.75) is 61.9 Å². The monoisotopic (exact) mass is 494 g/mol. The third-order valence-electron chi connectivity index (χ3n) is 6.09. The molecule has 1 saturated carbocycles. The standard InChI is InChI=1S/C22H30N4O5S2/c1-3-24-33(29,30)19-10-16(26-22(2)12-31-13-22)8-9-17(19)18-11-23-20(32-18)14-4-6-15(7-5-14)25-21(27)28/h8-11,14-15,24-26H,3-7,12-13H2,1-2H3,(H,27,28). The molecule has 9 nitrogen and oxygen atoms in total. The van der Waals surface area contributed by atoms with Crippen LogP contribution in [0.1, 0.15) is 50.5 Å². The number of aromatic nitrogens is 1. The van der Waals surface area contributed by atoms with Crippen LogP contribution in [-0.2, 0) is 14.8 Å². The van der Waals surface area contributed by atoms with Crippen LogP contribution in [0.3, 0.4) is 0 Å². The summed E-state index contributed by atoms with van der Waals surface area (Å²) in [5.41, 5.74) is 1.16. The number of thiazole rings is 1. The second-order valence-corrected chi connectivity index (χ2v) is 11.7. The van der Waals surface area contributed by atoms with Gasteiger partial charge in [-0.3, -0.25) is 0 Å². The van der Waals surface area contributed by atoms with Crippen LogP contribution in [0.5, 0.6) is 0 Å². The molecule has 4 rings (SSSR count). The number of carbonyl (C=O) groups is 1. The first-order valence-corrected chi connectivity index (χ1v) is 13.4. The quantitative estimate of drug-likeness (QED) is 0.441. The molecule has 1 saturated heterocycles. The zero-order valence-electron chi connectivity index (χ0n) is 18.8. The summed E-state index contributed by atoms with van der Waals surface area (Å²) < 4.78 is 34.0. The molecule has 1 amide bonds. The molecule has 33 heavy (non-hydrogen) atoms. The van der Waals surface area contributed by atoms with Crippen LogP contribution in [0.25, 0.3) is 10.4 Å². The van der Waals surface area contributed by atoms with E-state index < -0.39 is 16.1 Å². The van der Waals surface area contributed by atoms with Crippen LogP contribution in [0, 0.1) is 0 Å². The molecule has 2 aliphatic rings. The van der Waals surface area contributed by atoms with Crippen molar-refractivity contribution in [3.63, 3.8) is 0 Å². The molecule has 11 heteroatoms. The van der Waals surface area contributed by atoms with Gasteiger partial charge >= 0.3 is 6.09 Å². The Balaban J connectivity index is 1.58. The van der Waals surface area contributed by atoms with Gasteiger partial charge < -0.3 is 20.5 Å². The minimum atomic E-state index is -3.70. The maximum absolute atomic E-state index is 13.0. The average molecular weight is 495 g/mol. The third-order valence-corrected chi connectivity index (χ3v) is 8.86. The molecule has 0 atom stereocenters. The van der Waals surface area contributed by atoms with Crippen molar-refractivity contribution in [3.8, 4) is 10.4 Å². The lowest BCUT2D eigenvalue weighted by molar-refractivity contribution is -0.0318. The predicted octanol–water partition coefficient (Wildman–Crippen LogP) is 3.60. The first kappa shape index (κ1) is 23.9. The molecule has 1 aromatic carbocycles. The maximum Gasteiger partial charge on any atom is 0.404 e. The molecule has 1 aliphatic heterocycles. The van der Waals surface area contributed by atoms with E-state index in [-0.39, 0.29) is 22.4 Å². The highest BCUT2D eigenvalue weighted by Gasteiger charge is 2.33. The molecule has 2 aromatic rings. The van der Waals surface area contributed by atoms with Crippen LogP contribution in [0.15, 0.2) is 29.3 Å². The summed E-state index contributed by atoms with van der Waals surface area (Å²) in [5, 5.41) is 15.8. The molecule has 4 N–H and O–H groups in total. The summed E-state index contributed by atoms with van der Waals surface area (Å²) in [4.78, 5) is 16.5. The maximum atomic E-state index is 13.0. The Morgan fingerprint density at radius 1 is 1.27 bits per heavy atom. The normalized spacial score (nSPS) is 22.4. The number of nitrogens with zero attached hydrogens (tertiary/aromatic N) is 1. The Labute approximate surface area is 198 Å². The van der Waals surface area contributed by atoms with Crippen molar-refractivity contribution >= 4 is 33.1 Å². The molecule has 1 aliphatic carbocycles. The number of benzene rings is 1.